The zero-order valence-corrected chi connectivity index (χ0v) is 22.3. The number of halogens is 1. The van der Waals surface area contributed by atoms with Crippen molar-refractivity contribution in [2.24, 2.45) is 0 Å². The summed E-state index contributed by atoms with van der Waals surface area (Å²) >= 11 is 7.56. The summed E-state index contributed by atoms with van der Waals surface area (Å²) in [5.74, 6) is -0.793. The predicted octanol–water partition coefficient (Wildman–Crippen LogP) is 1.80. The number of benzene rings is 1. The number of methoxy groups -OCH3 is 1. The summed E-state index contributed by atoms with van der Waals surface area (Å²) in [5, 5.41) is 2.48. The van der Waals surface area contributed by atoms with E-state index in [0.717, 1.165) is 36.2 Å². The maximum absolute atomic E-state index is 13.3. The summed E-state index contributed by atoms with van der Waals surface area (Å²) in [4.78, 5) is 37.6. The van der Waals surface area contributed by atoms with Crippen molar-refractivity contribution < 1.29 is 22.7 Å². The van der Waals surface area contributed by atoms with E-state index in [-0.39, 0.29) is 23.6 Å². The van der Waals surface area contributed by atoms with Crippen LogP contribution in [0.5, 0.6) is 0 Å². The molecule has 0 radical (unpaired) electrons. The number of carbonyl (C=O) groups is 2. The maximum atomic E-state index is 13.3. The van der Waals surface area contributed by atoms with Gasteiger partial charge in [-0.25, -0.2) is 23.2 Å². The van der Waals surface area contributed by atoms with Crippen LogP contribution >= 0.6 is 22.9 Å². The molecule has 4 heterocycles. The fraction of sp³-hybridized carbons (Fsp3) is 0.391. The van der Waals surface area contributed by atoms with Crippen molar-refractivity contribution >= 4 is 66.6 Å². The lowest BCUT2D eigenvalue weighted by atomic mass is 10.0. The number of hydrogen-bond donors (Lipinski definition) is 2. The van der Waals surface area contributed by atoms with Gasteiger partial charge in [0.25, 0.3) is 10.0 Å². The number of nitrogens with two attached hydrogens (primary N) is 1. The van der Waals surface area contributed by atoms with E-state index < -0.39 is 34.0 Å². The Balaban J connectivity index is 1.34. The molecule has 196 valence electrons. The highest BCUT2D eigenvalue weighted by Crippen LogP contribution is 2.31. The van der Waals surface area contributed by atoms with Crippen LogP contribution in [0.3, 0.4) is 0 Å². The van der Waals surface area contributed by atoms with Crippen molar-refractivity contribution in [3.05, 3.63) is 41.2 Å². The standard InChI is InChI=1S/C23H25ClN6O5S2/c1-35-22(32)18(10-14-9-13-3-5-26-20(25)15(13)11-16(14)24)30-8-4-17(21(30)31)28-37(33,34)19-12-27-23(36-19)29-6-2-7-29/h3,5,9,11-12,17-18,28H,2,4,6-8,10H2,1H3,(H2,25,26). The Morgan fingerprint density at radius 2 is 2.11 bits per heavy atom. The van der Waals surface area contributed by atoms with E-state index >= 15 is 0 Å². The van der Waals surface area contributed by atoms with Gasteiger partial charge >= 0.3 is 5.97 Å². The molecule has 2 atom stereocenters. The summed E-state index contributed by atoms with van der Waals surface area (Å²) in [6.45, 7) is 1.86. The molecule has 0 bridgehead atoms. The van der Waals surface area contributed by atoms with Gasteiger partial charge in [0.2, 0.25) is 5.91 Å². The minimum absolute atomic E-state index is 0.0434. The minimum Gasteiger partial charge on any atom is -0.467 e. The molecule has 3 N–H and O–H groups in total. The van der Waals surface area contributed by atoms with Crippen molar-refractivity contribution in [2.45, 2.75) is 35.6 Å². The number of nitrogens with zero attached hydrogens (tertiary/aromatic N) is 4. The number of ether oxygens (including phenoxy) is 1. The third-order valence-corrected chi connectivity index (χ3v) is 9.97. The molecule has 0 aliphatic carbocycles. The SMILES string of the molecule is COC(=O)C(Cc1cc2ccnc(N)c2cc1Cl)N1CCC(NS(=O)(=O)c2cnc(N3CCC3)s2)C1=O. The number of nitrogens with one attached hydrogen (secondary N) is 1. The smallest absolute Gasteiger partial charge is 0.328 e. The van der Waals surface area contributed by atoms with Crippen molar-refractivity contribution in [1.82, 2.24) is 19.6 Å². The number of nitrogen functional groups attached to an aromatic ring is 1. The Morgan fingerprint density at radius 1 is 1.32 bits per heavy atom. The fourth-order valence-corrected chi connectivity index (χ4v) is 7.13. The average molecular weight is 565 g/mol. The van der Waals surface area contributed by atoms with Crippen molar-refractivity contribution in [1.29, 1.82) is 0 Å². The van der Waals surface area contributed by atoms with E-state index in [1.807, 2.05) is 4.90 Å². The van der Waals surface area contributed by atoms with Gasteiger partial charge < -0.3 is 20.3 Å². The molecule has 1 aromatic carbocycles. The molecule has 0 saturated carbocycles. The summed E-state index contributed by atoms with van der Waals surface area (Å²) in [7, 11) is -2.73. The maximum Gasteiger partial charge on any atom is 0.328 e. The molecule has 14 heteroatoms. The first-order valence-electron chi connectivity index (χ1n) is 11.6. The van der Waals surface area contributed by atoms with Crippen LogP contribution in [0.2, 0.25) is 5.02 Å². The Hall–Kier alpha value is -3.00. The van der Waals surface area contributed by atoms with E-state index in [2.05, 4.69) is 14.7 Å². The van der Waals surface area contributed by atoms with Crippen LogP contribution < -0.4 is 15.4 Å². The number of fused-ring (bicyclic) bond motifs is 1. The Morgan fingerprint density at radius 3 is 2.81 bits per heavy atom. The van der Waals surface area contributed by atoms with Gasteiger partial charge in [-0.15, -0.1) is 0 Å². The number of aromatic nitrogens is 2. The van der Waals surface area contributed by atoms with Gasteiger partial charge in [0, 0.05) is 42.7 Å². The van der Waals surface area contributed by atoms with Gasteiger partial charge in [-0.1, -0.05) is 22.9 Å². The molecule has 2 aliphatic heterocycles. The van der Waals surface area contributed by atoms with Gasteiger partial charge in [-0.3, -0.25) is 4.79 Å². The molecular weight excluding hydrogens is 540 g/mol. The largest absolute Gasteiger partial charge is 0.467 e. The lowest BCUT2D eigenvalue weighted by Crippen LogP contribution is -2.48. The number of amides is 1. The van der Waals surface area contributed by atoms with Crippen LogP contribution in [0.4, 0.5) is 10.9 Å². The summed E-state index contributed by atoms with van der Waals surface area (Å²) in [5.41, 5.74) is 6.56. The van der Waals surface area contributed by atoms with Gasteiger partial charge in [-0.2, -0.15) is 4.72 Å². The average Bonchev–Trinajstić information content (AvgIpc) is 3.45. The van der Waals surface area contributed by atoms with Gasteiger partial charge in [0.1, 0.15) is 17.9 Å². The van der Waals surface area contributed by atoms with E-state index in [1.54, 1.807) is 24.4 Å². The molecule has 2 aliphatic rings. The lowest BCUT2D eigenvalue weighted by molar-refractivity contribution is -0.151. The van der Waals surface area contributed by atoms with Crippen LogP contribution in [0.1, 0.15) is 18.4 Å². The zero-order valence-electron chi connectivity index (χ0n) is 19.9. The first-order chi connectivity index (χ1) is 17.7. The Kier molecular flexibility index (Phi) is 6.96. The van der Waals surface area contributed by atoms with Gasteiger partial charge in [0.15, 0.2) is 9.34 Å². The van der Waals surface area contributed by atoms with E-state index in [4.69, 9.17) is 22.1 Å². The lowest BCUT2D eigenvalue weighted by Gasteiger charge is -2.30. The molecular formula is C23H25ClN6O5S2. The Labute approximate surface area is 222 Å². The number of sulfonamides is 1. The quantitative estimate of drug-likeness (QED) is 0.391. The number of anilines is 2. The van der Waals surface area contributed by atoms with E-state index in [0.29, 0.717) is 26.9 Å². The molecule has 2 saturated heterocycles. The monoisotopic (exact) mass is 564 g/mol. The summed E-state index contributed by atoms with van der Waals surface area (Å²) in [6.07, 6.45) is 4.21. The predicted molar refractivity (Wildman–Crippen MR) is 140 cm³/mol. The summed E-state index contributed by atoms with van der Waals surface area (Å²) < 4.78 is 33.5. The van der Waals surface area contributed by atoms with Crippen LogP contribution in [0, 0.1) is 0 Å². The van der Waals surface area contributed by atoms with Gasteiger partial charge in [-0.05, 0) is 42.0 Å². The highest BCUT2D eigenvalue weighted by Gasteiger charge is 2.42. The number of likely N-dealkylation sites (tertiary alicyclic amines) is 1. The highest BCUT2D eigenvalue weighted by atomic mass is 35.5. The fourth-order valence-electron chi connectivity index (χ4n) is 4.48. The van der Waals surface area contributed by atoms with E-state index in [1.165, 1.54) is 18.2 Å². The number of hydrogen-bond acceptors (Lipinski definition) is 10. The molecule has 2 unspecified atom stereocenters. The second-order valence-corrected chi connectivity index (χ2v) is 12.3. The normalized spacial score (nSPS) is 18.8. The summed E-state index contributed by atoms with van der Waals surface area (Å²) in [6, 6.07) is 3.26. The number of esters is 1. The highest BCUT2D eigenvalue weighted by molar-refractivity contribution is 7.91. The van der Waals surface area contributed by atoms with Crippen LogP contribution in [0.15, 0.2) is 34.8 Å². The van der Waals surface area contributed by atoms with Crippen LogP contribution in [0.25, 0.3) is 10.8 Å². The molecule has 0 spiro atoms. The van der Waals surface area contributed by atoms with E-state index in [9.17, 15) is 18.0 Å². The van der Waals surface area contributed by atoms with Gasteiger partial charge in [0.05, 0.1) is 13.3 Å². The molecule has 3 aromatic rings. The number of rotatable bonds is 8. The third kappa shape index (κ3) is 4.96. The number of carbonyl (C=O) groups excluding carboxylic acids is 2. The topological polar surface area (TPSA) is 148 Å². The van der Waals surface area contributed by atoms with Crippen LogP contribution in [-0.4, -0.2) is 74.0 Å². The molecule has 2 aromatic heterocycles. The third-order valence-electron chi connectivity index (χ3n) is 6.63. The second kappa shape index (κ2) is 10.0. The number of thiazole rings is 1. The minimum atomic E-state index is -3.97. The molecule has 2 fully saturated rings. The van der Waals surface area contributed by atoms with Crippen molar-refractivity contribution in [3.63, 3.8) is 0 Å². The second-order valence-electron chi connectivity index (χ2n) is 8.90. The molecule has 11 nitrogen and oxygen atoms in total. The Bertz CT molecular complexity index is 1480. The first kappa shape index (κ1) is 25.6. The first-order valence-corrected chi connectivity index (χ1v) is 14.3. The zero-order chi connectivity index (χ0) is 26.3. The molecule has 37 heavy (non-hydrogen) atoms. The van der Waals surface area contributed by atoms with Crippen molar-refractivity contribution in [3.8, 4) is 0 Å². The van der Waals surface area contributed by atoms with Crippen molar-refractivity contribution in [2.75, 3.05) is 37.4 Å². The molecule has 5 rings (SSSR count). The molecule has 1 amide bonds. The van der Waals surface area contributed by atoms with Crippen LogP contribution in [-0.2, 0) is 30.8 Å². The number of pyridine rings is 1.